The van der Waals surface area contributed by atoms with E-state index in [1.165, 1.54) is 0 Å². The van der Waals surface area contributed by atoms with Crippen molar-refractivity contribution in [2.75, 3.05) is 45.6 Å². The largest absolute Gasteiger partial charge is 0.383 e. The third-order valence-corrected chi connectivity index (χ3v) is 4.32. The SMILES string of the molecule is COCCNCCNC(=O)C1=CN2CCS(=O)(=O)N=C2C=C1. The molecule has 0 saturated heterocycles. The summed E-state index contributed by atoms with van der Waals surface area (Å²) >= 11 is 0. The number of fused-ring (bicyclic) bond motifs is 1. The Morgan fingerprint density at radius 1 is 1.36 bits per heavy atom. The summed E-state index contributed by atoms with van der Waals surface area (Å²) in [6.07, 6.45) is 4.74. The highest BCUT2D eigenvalue weighted by molar-refractivity contribution is 7.90. The molecule has 0 aliphatic carbocycles. The number of hydrogen-bond acceptors (Lipinski definition) is 6. The van der Waals surface area contributed by atoms with E-state index in [-0.39, 0.29) is 11.7 Å². The number of amidine groups is 1. The average molecular weight is 328 g/mol. The molecule has 0 radical (unpaired) electrons. The molecule has 0 saturated carbocycles. The maximum atomic E-state index is 12.0. The van der Waals surface area contributed by atoms with E-state index in [1.54, 1.807) is 30.4 Å². The summed E-state index contributed by atoms with van der Waals surface area (Å²) in [5.41, 5.74) is 0.482. The van der Waals surface area contributed by atoms with Crippen LogP contribution in [0.3, 0.4) is 0 Å². The Bertz CT molecular complexity index is 610. The van der Waals surface area contributed by atoms with Gasteiger partial charge < -0.3 is 20.3 Å². The van der Waals surface area contributed by atoms with Gasteiger partial charge in [-0.25, -0.2) is 8.42 Å². The van der Waals surface area contributed by atoms with Crippen LogP contribution in [0.1, 0.15) is 0 Å². The predicted octanol–water partition coefficient (Wildman–Crippen LogP) is -1.16. The number of rotatable bonds is 7. The first-order valence-electron chi connectivity index (χ1n) is 6.99. The number of carbonyl (C=O) groups is 1. The number of sulfonamides is 1. The van der Waals surface area contributed by atoms with Gasteiger partial charge in [-0.3, -0.25) is 4.79 Å². The molecule has 2 N–H and O–H groups in total. The fourth-order valence-corrected chi connectivity index (χ4v) is 2.97. The third kappa shape index (κ3) is 4.65. The Morgan fingerprint density at radius 3 is 2.95 bits per heavy atom. The molecule has 0 aromatic carbocycles. The highest BCUT2D eigenvalue weighted by Gasteiger charge is 2.24. The average Bonchev–Trinajstić information content (AvgIpc) is 2.49. The van der Waals surface area contributed by atoms with Gasteiger partial charge in [0.05, 0.1) is 17.9 Å². The van der Waals surface area contributed by atoms with Crippen LogP contribution >= 0.6 is 0 Å². The molecule has 0 bridgehead atoms. The molecule has 1 amide bonds. The van der Waals surface area contributed by atoms with Crippen LogP contribution < -0.4 is 10.6 Å². The lowest BCUT2D eigenvalue weighted by Gasteiger charge is -2.26. The van der Waals surface area contributed by atoms with Crippen molar-refractivity contribution in [3.05, 3.63) is 23.9 Å². The number of hydrogen-bond donors (Lipinski definition) is 2. The zero-order valence-corrected chi connectivity index (χ0v) is 13.2. The number of carbonyl (C=O) groups excluding carboxylic acids is 1. The van der Waals surface area contributed by atoms with E-state index in [1.807, 2.05) is 0 Å². The van der Waals surface area contributed by atoms with Gasteiger partial charge in [0.15, 0.2) is 0 Å². The van der Waals surface area contributed by atoms with Gasteiger partial charge in [0.2, 0.25) is 0 Å². The number of nitrogens with zero attached hydrogens (tertiary/aromatic N) is 2. The van der Waals surface area contributed by atoms with E-state index in [4.69, 9.17) is 4.74 Å². The highest BCUT2D eigenvalue weighted by atomic mass is 32.2. The lowest BCUT2D eigenvalue weighted by atomic mass is 10.2. The van der Waals surface area contributed by atoms with Crippen molar-refractivity contribution in [3.63, 3.8) is 0 Å². The standard InChI is InChI=1S/C13H20N4O4S/c1-21-8-6-14-4-5-15-13(18)11-2-3-12-16-22(19,20)9-7-17(12)10-11/h2-3,10,14H,4-9H2,1H3,(H,15,18). The first kappa shape index (κ1) is 16.7. The van der Waals surface area contributed by atoms with Crippen LogP contribution in [0.2, 0.25) is 0 Å². The molecule has 2 aliphatic rings. The van der Waals surface area contributed by atoms with E-state index in [0.717, 1.165) is 6.54 Å². The van der Waals surface area contributed by atoms with Gasteiger partial charge >= 0.3 is 0 Å². The number of amides is 1. The zero-order valence-electron chi connectivity index (χ0n) is 12.4. The van der Waals surface area contributed by atoms with Crippen molar-refractivity contribution in [1.82, 2.24) is 15.5 Å². The molecule has 0 aromatic heterocycles. The first-order chi connectivity index (χ1) is 10.5. The summed E-state index contributed by atoms with van der Waals surface area (Å²) < 4.78 is 31.4. The third-order valence-electron chi connectivity index (χ3n) is 3.16. The lowest BCUT2D eigenvalue weighted by molar-refractivity contribution is -0.117. The van der Waals surface area contributed by atoms with E-state index >= 15 is 0 Å². The Hall–Kier alpha value is -1.71. The molecule has 8 nitrogen and oxygen atoms in total. The van der Waals surface area contributed by atoms with Crippen LogP contribution in [0.25, 0.3) is 0 Å². The van der Waals surface area contributed by atoms with Crippen molar-refractivity contribution in [2.24, 2.45) is 4.40 Å². The molecule has 0 fully saturated rings. The van der Waals surface area contributed by atoms with Gasteiger partial charge in [0.1, 0.15) is 5.84 Å². The van der Waals surface area contributed by atoms with Crippen molar-refractivity contribution < 1.29 is 17.9 Å². The lowest BCUT2D eigenvalue weighted by Crippen LogP contribution is -2.39. The Morgan fingerprint density at radius 2 is 2.18 bits per heavy atom. The normalized spacial score (nSPS) is 19.2. The van der Waals surface area contributed by atoms with Gasteiger partial charge in [-0.2, -0.15) is 0 Å². The van der Waals surface area contributed by atoms with Crippen LogP contribution in [0.5, 0.6) is 0 Å². The number of ether oxygens (including phenoxy) is 1. The number of nitrogens with one attached hydrogen (secondary N) is 2. The molecule has 0 atom stereocenters. The van der Waals surface area contributed by atoms with E-state index < -0.39 is 10.0 Å². The molecule has 0 unspecified atom stereocenters. The minimum atomic E-state index is -3.37. The fourth-order valence-electron chi connectivity index (χ4n) is 2.00. The minimum absolute atomic E-state index is 0.0425. The van der Waals surface area contributed by atoms with Gasteiger partial charge in [0.25, 0.3) is 15.9 Å². The van der Waals surface area contributed by atoms with Gasteiger partial charge in [0, 0.05) is 39.5 Å². The first-order valence-corrected chi connectivity index (χ1v) is 8.60. The maximum Gasteiger partial charge on any atom is 0.256 e. The van der Waals surface area contributed by atoms with E-state index in [2.05, 4.69) is 15.0 Å². The molecular weight excluding hydrogens is 308 g/mol. The summed E-state index contributed by atoms with van der Waals surface area (Å²) in [6.45, 7) is 2.82. The van der Waals surface area contributed by atoms with Gasteiger partial charge in [-0.1, -0.05) is 0 Å². The van der Waals surface area contributed by atoms with Crippen molar-refractivity contribution in [1.29, 1.82) is 0 Å². The molecule has 0 spiro atoms. The van der Waals surface area contributed by atoms with Crippen LogP contribution in [0, 0.1) is 0 Å². The van der Waals surface area contributed by atoms with Crippen LogP contribution in [0.15, 0.2) is 28.3 Å². The molecule has 2 heterocycles. The highest BCUT2D eigenvalue weighted by Crippen LogP contribution is 2.15. The topological polar surface area (TPSA) is 100 Å². The Labute approximate surface area is 130 Å². The van der Waals surface area contributed by atoms with E-state index in [9.17, 15) is 13.2 Å². The molecule has 22 heavy (non-hydrogen) atoms. The minimum Gasteiger partial charge on any atom is -0.383 e. The second-order valence-corrected chi connectivity index (χ2v) is 6.60. The fraction of sp³-hybridized carbons (Fsp3) is 0.538. The zero-order chi connectivity index (χ0) is 16.0. The summed E-state index contributed by atoms with van der Waals surface area (Å²) in [5.74, 6) is 0.111. The Balaban J connectivity index is 1.83. The maximum absolute atomic E-state index is 12.0. The second-order valence-electron chi connectivity index (χ2n) is 4.85. The van der Waals surface area contributed by atoms with Crippen molar-refractivity contribution in [2.45, 2.75) is 0 Å². The smallest absolute Gasteiger partial charge is 0.256 e. The summed E-state index contributed by atoms with van der Waals surface area (Å²) in [6, 6.07) is 0. The monoisotopic (exact) mass is 328 g/mol. The summed E-state index contributed by atoms with van der Waals surface area (Å²) in [5, 5.41) is 5.92. The second kappa shape index (κ2) is 7.52. The van der Waals surface area contributed by atoms with Crippen LogP contribution in [0.4, 0.5) is 0 Å². The van der Waals surface area contributed by atoms with Crippen LogP contribution in [-0.4, -0.2) is 70.7 Å². The molecule has 2 aliphatic heterocycles. The Kier molecular flexibility index (Phi) is 5.69. The molecule has 0 aromatic rings. The molecule has 122 valence electrons. The molecule has 2 rings (SSSR count). The van der Waals surface area contributed by atoms with Gasteiger partial charge in [-0.05, 0) is 12.2 Å². The van der Waals surface area contributed by atoms with Crippen molar-refractivity contribution >= 4 is 21.8 Å². The van der Waals surface area contributed by atoms with Gasteiger partial charge in [-0.15, -0.1) is 4.40 Å². The molecular formula is C13H20N4O4S. The number of methoxy groups -OCH3 is 1. The van der Waals surface area contributed by atoms with E-state index in [0.29, 0.717) is 37.6 Å². The van der Waals surface area contributed by atoms with Crippen LogP contribution in [-0.2, 0) is 19.6 Å². The predicted molar refractivity (Wildman–Crippen MR) is 82.9 cm³/mol. The quantitative estimate of drug-likeness (QED) is 0.572. The van der Waals surface area contributed by atoms with Crippen molar-refractivity contribution in [3.8, 4) is 0 Å². The summed E-state index contributed by atoms with van der Waals surface area (Å²) in [7, 11) is -1.74. The summed E-state index contributed by atoms with van der Waals surface area (Å²) in [4.78, 5) is 13.7. The molecule has 9 heteroatoms.